The second kappa shape index (κ2) is 5.98. The zero-order valence-electron chi connectivity index (χ0n) is 13.8. The largest absolute Gasteiger partial charge is 0.481 e. The summed E-state index contributed by atoms with van der Waals surface area (Å²) in [7, 11) is 1.76. The first kappa shape index (κ1) is 16.3. The SMILES string of the molecule is Cn1c(=O)n(C2CCC(C(=O)O)CC2)c2c3cc(Br)ccc3ncc21. The summed E-state index contributed by atoms with van der Waals surface area (Å²) < 4.78 is 4.42. The Balaban J connectivity index is 1.91. The fraction of sp³-hybridized carbons (Fsp3) is 0.389. The number of aryl methyl sites for hydroxylation is 1. The number of rotatable bonds is 2. The predicted molar refractivity (Wildman–Crippen MR) is 98.8 cm³/mol. The number of hydrogen-bond donors (Lipinski definition) is 1. The lowest BCUT2D eigenvalue weighted by atomic mass is 9.86. The van der Waals surface area contributed by atoms with Gasteiger partial charge < -0.3 is 5.11 Å². The number of hydrogen-bond acceptors (Lipinski definition) is 3. The van der Waals surface area contributed by atoms with Gasteiger partial charge in [0.1, 0.15) is 0 Å². The molecule has 0 bridgehead atoms. The van der Waals surface area contributed by atoms with Gasteiger partial charge in [-0.05, 0) is 43.9 Å². The van der Waals surface area contributed by atoms with Crippen LogP contribution in [-0.2, 0) is 11.8 Å². The Morgan fingerprint density at radius 2 is 2.00 bits per heavy atom. The number of aliphatic carboxylic acids is 1. The van der Waals surface area contributed by atoms with Crippen molar-refractivity contribution in [3.8, 4) is 0 Å². The molecule has 1 fully saturated rings. The highest BCUT2D eigenvalue weighted by Crippen LogP contribution is 2.35. The van der Waals surface area contributed by atoms with E-state index >= 15 is 0 Å². The minimum Gasteiger partial charge on any atom is -0.481 e. The molecule has 1 aliphatic rings. The number of carboxylic acids is 1. The molecule has 1 aliphatic carbocycles. The molecule has 0 spiro atoms. The lowest BCUT2D eigenvalue weighted by Gasteiger charge is -2.27. The van der Waals surface area contributed by atoms with Gasteiger partial charge in [0.15, 0.2) is 0 Å². The van der Waals surface area contributed by atoms with E-state index in [2.05, 4.69) is 20.9 Å². The Kier molecular flexibility index (Phi) is 3.91. The van der Waals surface area contributed by atoms with Gasteiger partial charge in [0.25, 0.3) is 0 Å². The molecule has 0 atom stereocenters. The Morgan fingerprint density at radius 3 is 2.68 bits per heavy atom. The van der Waals surface area contributed by atoms with E-state index in [1.165, 1.54) is 0 Å². The molecule has 0 aliphatic heterocycles. The van der Waals surface area contributed by atoms with Crippen LogP contribution in [0.1, 0.15) is 31.7 Å². The molecule has 0 unspecified atom stereocenters. The lowest BCUT2D eigenvalue weighted by molar-refractivity contribution is -0.143. The highest BCUT2D eigenvalue weighted by molar-refractivity contribution is 9.10. The van der Waals surface area contributed by atoms with Crippen LogP contribution in [0.15, 0.2) is 33.7 Å². The summed E-state index contributed by atoms with van der Waals surface area (Å²) >= 11 is 3.50. The van der Waals surface area contributed by atoms with Gasteiger partial charge in [0.2, 0.25) is 0 Å². The summed E-state index contributed by atoms with van der Waals surface area (Å²) in [6.07, 6.45) is 4.36. The minimum atomic E-state index is -0.734. The molecule has 130 valence electrons. The number of carbonyl (C=O) groups is 1. The van der Waals surface area contributed by atoms with Crippen LogP contribution < -0.4 is 5.69 Å². The van der Waals surface area contributed by atoms with Gasteiger partial charge in [0, 0.05) is 22.9 Å². The van der Waals surface area contributed by atoms with Crippen molar-refractivity contribution < 1.29 is 9.90 Å². The Morgan fingerprint density at radius 1 is 1.28 bits per heavy atom. The number of benzene rings is 1. The van der Waals surface area contributed by atoms with Gasteiger partial charge in [-0.15, -0.1) is 0 Å². The van der Waals surface area contributed by atoms with Crippen molar-refractivity contribution in [1.82, 2.24) is 14.1 Å². The summed E-state index contributed by atoms with van der Waals surface area (Å²) in [5.74, 6) is -1.03. The third-order valence-corrected chi connectivity index (χ3v) is 5.78. The molecule has 0 amide bonds. The van der Waals surface area contributed by atoms with Gasteiger partial charge in [0.05, 0.1) is 28.7 Å². The van der Waals surface area contributed by atoms with Crippen LogP contribution >= 0.6 is 15.9 Å². The average molecular weight is 404 g/mol. The third-order valence-electron chi connectivity index (χ3n) is 5.29. The maximum absolute atomic E-state index is 12.9. The average Bonchev–Trinajstić information content (AvgIpc) is 2.86. The minimum absolute atomic E-state index is 0.0244. The maximum atomic E-state index is 12.9. The van der Waals surface area contributed by atoms with Crippen LogP contribution in [-0.4, -0.2) is 25.2 Å². The van der Waals surface area contributed by atoms with Crippen molar-refractivity contribution in [1.29, 1.82) is 0 Å². The van der Waals surface area contributed by atoms with E-state index < -0.39 is 5.97 Å². The van der Waals surface area contributed by atoms with Crippen LogP contribution in [0.2, 0.25) is 0 Å². The summed E-state index contributed by atoms with van der Waals surface area (Å²) in [6, 6.07) is 5.88. The Hall–Kier alpha value is -2.15. The highest BCUT2D eigenvalue weighted by Gasteiger charge is 2.29. The molecule has 25 heavy (non-hydrogen) atoms. The highest BCUT2D eigenvalue weighted by atomic mass is 79.9. The van der Waals surface area contributed by atoms with Crippen molar-refractivity contribution in [2.45, 2.75) is 31.7 Å². The van der Waals surface area contributed by atoms with Crippen LogP contribution in [0, 0.1) is 5.92 Å². The molecular weight excluding hydrogens is 386 g/mol. The molecule has 0 saturated heterocycles. The van der Waals surface area contributed by atoms with Gasteiger partial charge in [-0.2, -0.15) is 0 Å². The second-order valence-electron chi connectivity index (χ2n) is 6.71. The van der Waals surface area contributed by atoms with E-state index in [-0.39, 0.29) is 17.6 Å². The van der Waals surface area contributed by atoms with E-state index in [1.54, 1.807) is 17.8 Å². The first-order valence-electron chi connectivity index (χ1n) is 8.35. The first-order valence-corrected chi connectivity index (χ1v) is 9.14. The van der Waals surface area contributed by atoms with Crippen molar-refractivity contribution in [3.63, 3.8) is 0 Å². The first-order chi connectivity index (χ1) is 12.0. The lowest BCUT2D eigenvalue weighted by Crippen LogP contribution is -2.30. The normalized spacial score (nSPS) is 21.0. The number of fused-ring (bicyclic) bond motifs is 3. The summed E-state index contributed by atoms with van der Waals surface area (Å²) in [6.45, 7) is 0. The molecule has 1 saturated carbocycles. The van der Waals surface area contributed by atoms with Crippen molar-refractivity contribution in [2.75, 3.05) is 0 Å². The molecule has 3 aromatic rings. The number of pyridine rings is 1. The van der Waals surface area contributed by atoms with E-state index in [0.29, 0.717) is 25.7 Å². The molecule has 6 nitrogen and oxygen atoms in total. The Labute approximate surface area is 152 Å². The molecular formula is C18H18BrN3O3. The monoisotopic (exact) mass is 403 g/mol. The van der Waals surface area contributed by atoms with Crippen molar-refractivity contribution >= 4 is 43.8 Å². The quantitative estimate of drug-likeness (QED) is 0.710. The standard InChI is InChI=1S/C18H18BrN3O3/c1-21-15-9-20-14-7-4-11(19)8-13(14)16(15)22(18(21)25)12-5-2-10(3-6-12)17(23)24/h4,7-10,12H,2-3,5-6H2,1H3,(H,23,24). The number of nitrogens with zero attached hydrogens (tertiary/aromatic N) is 3. The van der Waals surface area contributed by atoms with Crippen LogP contribution in [0.4, 0.5) is 0 Å². The molecule has 2 aromatic heterocycles. The Bertz CT molecular complexity index is 1050. The summed E-state index contributed by atoms with van der Waals surface area (Å²) in [4.78, 5) is 28.6. The smallest absolute Gasteiger partial charge is 0.329 e. The van der Waals surface area contributed by atoms with Gasteiger partial charge in [-0.25, -0.2) is 4.79 Å². The number of carboxylic acid groups (broad SMARTS) is 1. The molecule has 1 aromatic carbocycles. The summed E-state index contributed by atoms with van der Waals surface area (Å²) in [5.41, 5.74) is 2.46. The van der Waals surface area contributed by atoms with E-state index in [9.17, 15) is 14.7 Å². The van der Waals surface area contributed by atoms with Gasteiger partial charge in [-0.3, -0.25) is 18.9 Å². The molecule has 4 rings (SSSR count). The second-order valence-corrected chi connectivity index (χ2v) is 7.62. The van der Waals surface area contributed by atoms with E-state index in [1.807, 2.05) is 22.8 Å². The van der Waals surface area contributed by atoms with E-state index in [0.717, 1.165) is 26.4 Å². The molecule has 2 heterocycles. The predicted octanol–water partition coefficient (Wildman–Crippen LogP) is 3.47. The fourth-order valence-corrected chi connectivity index (χ4v) is 4.28. The zero-order valence-corrected chi connectivity index (χ0v) is 15.4. The molecule has 7 heteroatoms. The summed E-state index contributed by atoms with van der Waals surface area (Å²) in [5, 5.41) is 10.1. The number of aromatic nitrogens is 3. The van der Waals surface area contributed by atoms with Crippen molar-refractivity contribution in [2.24, 2.45) is 13.0 Å². The molecule has 1 N–H and O–H groups in total. The van der Waals surface area contributed by atoms with Crippen LogP contribution in [0.25, 0.3) is 21.9 Å². The topological polar surface area (TPSA) is 77.1 Å². The number of imidazole rings is 1. The number of halogens is 1. The zero-order chi connectivity index (χ0) is 17.7. The maximum Gasteiger partial charge on any atom is 0.329 e. The van der Waals surface area contributed by atoms with Crippen LogP contribution in [0.5, 0.6) is 0 Å². The van der Waals surface area contributed by atoms with Crippen LogP contribution in [0.3, 0.4) is 0 Å². The fourth-order valence-electron chi connectivity index (χ4n) is 3.92. The van der Waals surface area contributed by atoms with E-state index in [4.69, 9.17) is 0 Å². The van der Waals surface area contributed by atoms with Crippen molar-refractivity contribution in [3.05, 3.63) is 39.4 Å². The van der Waals surface area contributed by atoms with Gasteiger partial charge >= 0.3 is 11.7 Å². The molecule has 0 radical (unpaired) electrons. The van der Waals surface area contributed by atoms with Gasteiger partial charge in [-0.1, -0.05) is 15.9 Å². The third kappa shape index (κ3) is 2.57.